The van der Waals surface area contributed by atoms with Crippen molar-refractivity contribution in [1.82, 2.24) is 19.8 Å². The minimum atomic E-state index is -0.348. The van der Waals surface area contributed by atoms with Crippen molar-refractivity contribution < 1.29 is 9.59 Å². The van der Waals surface area contributed by atoms with Gasteiger partial charge in [-0.2, -0.15) is 0 Å². The molecular weight excluding hydrogens is 380 g/mol. The van der Waals surface area contributed by atoms with Gasteiger partial charge in [0.05, 0.1) is 5.56 Å². The van der Waals surface area contributed by atoms with Crippen molar-refractivity contribution in [2.75, 3.05) is 25.0 Å². The van der Waals surface area contributed by atoms with Gasteiger partial charge in [-0.3, -0.25) is 14.8 Å². The minimum absolute atomic E-state index is 0.0643. The quantitative estimate of drug-likeness (QED) is 0.799. The summed E-state index contributed by atoms with van der Waals surface area (Å²) in [5.41, 5.74) is 2.62. The molecule has 0 spiro atoms. The number of fused-ring (bicyclic) bond motifs is 1. The third-order valence-corrected chi connectivity index (χ3v) is 6.02. The highest BCUT2D eigenvalue weighted by molar-refractivity contribution is 5.95. The van der Waals surface area contributed by atoms with Gasteiger partial charge in [0, 0.05) is 50.3 Å². The van der Waals surface area contributed by atoms with E-state index in [2.05, 4.69) is 22.1 Å². The molecular formula is C22H28N6O2. The smallest absolute Gasteiger partial charge is 0.326 e. The zero-order valence-corrected chi connectivity index (χ0v) is 17.5. The van der Waals surface area contributed by atoms with Crippen LogP contribution in [0.1, 0.15) is 48.5 Å². The number of nitrogens with zero attached hydrogens (tertiary/aromatic N) is 4. The Morgan fingerprint density at radius 2 is 2.03 bits per heavy atom. The molecule has 4 heterocycles. The molecule has 2 aliphatic heterocycles. The second kappa shape index (κ2) is 8.30. The number of carbonyl (C=O) groups is 2. The lowest BCUT2D eigenvalue weighted by atomic mass is 10.0. The first-order valence-corrected chi connectivity index (χ1v) is 10.6. The normalized spacial score (nSPS) is 18.7. The fourth-order valence-electron chi connectivity index (χ4n) is 4.35. The van der Waals surface area contributed by atoms with E-state index in [0.29, 0.717) is 5.56 Å². The van der Waals surface area contributed by atoms with Crippen LogP contribution in [0.25, 0.3) is 0 Å². The monoisotopic (exact) mass is 408 g/mol. The van der Waals surface area contributed by atoms with Crippen LogP contribution in [0.3, 0.4) is 0 Å². The van der Waals surface area contributed by atoms with Crippen LogP contribution in [0.5, 0.6) is 0 Å². The molecule has 30 heavy (non-hydrogen) atoms. The molecule has 1 atom stereocenters. The molecule has 2 aliphatic rings. The van der Waals surface area contributed by atoms with Crippen LogP contribution in [-0.2, 0) is 6.42 Å². The largest absolute Gasteiger partial charge is 0.340 e. The van der Waals surface area contributed by atoms with E-state index in [1.807, 2.05) is 17.0 Å². The van der Waals surface area contributed by atoms with E-state index in [1.54, 1.807) is 18.5 Å². The molecule has 2 amide bonds. The molecule has 8 heteroatoms. The van der Waals surface area contributed by atoms with Gasteiger partial charge in [0.2, 0.25) is 0 Å². The van der Waals surface area contributed by atoms with E-state index >= 15 is 0 Å². The van der Waals surface area contributed by atoms with Gasteiger partial charge in [-0.05, 0) is 56.7 Å². The zero-order valence-electron chi connectivity index (χ0n) is 17.5. The molecule has 8 nitrogen and oxygen atoms in total. The Morgan fingerprint density at radius 3 is 2.77 bits per heavy atom. The number of rotatable bonds is 2. The van der Waals surface area contributed by atoms with Crippen molar-refractivity contribution in [2.24, 2.45) is 0 Å². The van der Waals surface area contributed by atoms with Crippen molar-refractivity contribution in [1.29, 1.82) is 5.41 Å². The summed E-state index contributed by atoms with van der Waals surface area (Å²) in [6.07, 6.45) is 8.37. The summed E-state index contributed by atoms with van der Waals surface area (Å²) >= 11 is 0. The van der Waals surface area contributed by atoms with Crippen LogP contribution in [-0.4, -0.2) is 52.6 Å². The first kappa shape index (κ1) is 20.1. The third kappa shape index (κ3) is 3.69. The number of aromatic nitrogens is 2. The molecule has 2 aromatic rings. The van der Waals surface area contributed by atoms with E-state index in [1.165, 1.54) is 18.0 Å². The second-order valence-corrected chi connectivity index (χ2v) is 8.00. The fraction of sp³-hybridized carbons (Fsp3) is 0.455. The Kier molecular flexibility index (Phi) is 5.57. The third-order valence-electron chi connectivity index (χ3n) is 6.02. The number of nitrogens with one attached hydrogen (secondary N) is 2. The van der Waals surface area contributed by atoms with Gasteiger partial charge < -0.3 is 15.1 Å². The molecule has 1 fully saturated rings. The van der Waals surface area contributed by atoms with Gasteiger partial charge in [0.25, 0.3) is 5.91 Å². The van der Waals surface area contributed by atoms with Crippen LogP contribution >= 0.6 is 0 Å². The average Bonchev–Trinajstić information content (AvgIpc) is 2.77. The van der Waals surface area contributed by atoms with Gasteiger partial charge in [-0.25, -0.2) is 9.78 Å². The number of anilines is 2. The lowest BCUT2D eigenvalue weighted by molar-refractivity contribution is 0.0635. The maximum atomic E-state index is 13.0. The van der Waals surface area contributed by atoms with Crippen molar-refractivity contribution in [2.45, 2.75) is 45.1 Å². The van der Waals surface area contributed by atoms with Gasteiger partial charge in [0.15, 0.2) is 0 Å². The molecule has 2 N–H and O–H groups in total. The van der Waals surface area contributed by atoms with Crippen LogP contribution in [0, 0.1) is 5.41 Å². The Hall–Kier alpha value is -3.16. The summed E-state index contributed by atoms with van der Waals surface area (Å²) < 4.78 is 1.25. The van der Waals surface area contributed by atoms with Crippen molar-refractivity contribution in [3.8, 4) is 0 Å². The Labute approximate surface area is 176 Å². The van der Waals surface area contributed by atoms with E-state index in [9.17, 15) is 9.59 Å². The molecule has 0 aliphatic carbocycles. The molecule has 0 unspecified atom stereocenters. The Bertz CT molecular complexity index is 1030. The number of aryl methyl sites for hydroxylation is 1. The molecule has 0 saturated carbocycles. The minimum Gasteiger partial charge on any atom is -0.340 e. The van der Waals surface area contributed by atoms with Crippen LogP contribution < -0.4 is 15.7 Å². The van der Waals surface area contributed by atoms with E-state index in [-0.39, 0.29) is 23.5 Å². The SMILES string of the molecule is CNC(=O)n1ccc(N2CCCc3cc(C(=O)N4CCCC[C@@H]4C)cnc32)cc1=N. The van der Waals surface area contributed by atoms with Crippen molar-refractivity contribution in [3.05, 3.63) is 47.2 Å². The molecule has 0 radical (unpaired) electrons. The van der Waals surface area contributed by atoms with Gasteiger partial charge in [0.1, 0.15) is 11.3 Å². The highest BCUT2D eigenvalue weighted by Gasteiger charge is 2.27. The number of likely N-dealkylation sites (tertiary alicyclic amines) is 1. The predicted molar refractivity (Wildman–Crippen MR) is 114 cm³/mol. The summed E-state index contributed by atoms with van der Waals surface area (Å²) in [7, 11) is 1.54. The Morgan fingerprint density at radius 1 is 1.20 bits per heavy atom. The topological polar surface area (TPSA) is 94.3 Å². The summed E-state index contributed by atoms with van der Waals surface area (Å²) in [5.74, 6) is 0.885. The van der Waals surface area contributed by atoms with Gasteiger partial charge >= 0.3 is 6.03 Å². The predicted octanol–water partition coefficient (Wildman–Crippen LogP) is 2.65. The summed E-state index contributed by atoms with van der Waals surface area (Å²) in [6, 6.07) is 5.39. The van der Waals surface area contributed by atoms with Crippen LogP contribution in [0.15, 0.2) is 30.6 Å². The number of carbonyl (C=O) groups excluding carboxylic acids is 2. The maximum absolute atomic E-state index is 13.0. The Balaban J connectivity index is 1.62. The first-order chi connectivity index (χ1) is 14.5. The highest BCUT2D eigenvalue weighted by Crippen LogP contribution is 2.32. The maximum Gasteiger partial charge on any atom is 0.326 e. The van der Waals surface area contributed by atoms with E-state index in [4.69, 9.17) is 5.41 Å². The molecule has 158 valence electrons. The standard InChI is InChI=1S/C22H28N6O2/c1-15-6-3-4-9-26(15)21(29)17-12-16-7-5-10-27(20(16)25-14-17)18-8-11-28(19(23)13-18)22(30)24-2/h8,11-15,23H,3-7,9-10H2,1-2H3,(H,24,30)/t15-/m0/s1. The first-order valence-electron chi connectivity index (χ1n) is 10.6. The molecule has 0 aromatic carbocycles. The van der Waals surface area contributed by atoms with Gasteiger partial charge in [-0.15, -0.1) is 0 Å². The number of amides is 2. The summed E-state index contributed by atoms with van der Waals surface area (Å²) in [6.45, 7) is 3.70. The molecule has 2 aromatic heterocycles. The lowest BCUT2D eigenvalue weighted by Gasteiger charge is -2.34. The van der Waals surface area contributed by atoms with Crippen LogP contribution in [0.2, 0.25) is 0 Å². The summed E-state index contributed by atoms with van der Waals surface area (Å²) in [5, 5.41) is 10.7. The van der Waals surface area contributed by atoms with Crippen molar-refractivity contribution in [3.63, 3.8) is 0 Å². The molecule has 4 rings (SSSR count). The highest BCUT2D eigenvalue weighted by atomic mass is 16.2. The average molecular weight is 409 g/mol. The van der Waals surface area contributed by atoms with Crippen LogP contribution in [0.4, 0.5) is 16.3 Å². The van der Waals surface area contributed by atoms with Gasteiger partial charge in [-0.1, -0.05) is 0 Å². The van der Waals surface area contributed by atoms with Crippen molar-refractivity contribution >= 4 is 23.4 Å². The number of piperidine rings is 1. The molecule has 0 bridgehead atoms. The molecule has 1 saturated heterocycles. The number of hydrogen-bond donors (Lipinski definition) is 2. The van der Waals surface area contributed by atoms with E-state index in [0.717, 1.165) is 55.8 Å². The zero-order chi connectivity index (χ0) is 21.3. The fourth-order valence-corrected chi connectivity index (χ4v) is 4.35. The lowest BCUT2D eigenvalue weighted by Crippen LogP contribution is -2.42. The number of pyridine rings is 2. The number of hydrogen-bond acceptors (Lipinski definition) is 5. The second-order valence-electron chi connectivity index (χ2n) is 8.00. The summed E-state index contributed by atoms with van der Waals surface area (Å²) in [4.78, 5) is 33.6. The van der Waals surface area contributed by atoms with E-state index < -0.39 is 0 Å².